The summed E-state index contributed by atoms with van der Waals surface area (Å²) in [6.45, 7) is 4.66. The van der Waals surface area contributed by atoms with Crippen molar-refractivity contribution < 1.29 is 18.7 Å². The second-order valence-electron chi connectivity index (χ2n) is 8.26. The van der Waals surface area contributed by atoms with Crippen LogP contribution < -0.4 is 14.8 Å². The number of amides is 1. The molecule has 0 unspecified atom stereocenters. The molecular weight excluding hydrogens is 535 g/mol. The lowest BCUT2D eigenvalue weighted by atomic mass is 10.0. The number of hydrogen-bond acceptors (Lipinski definition) is 4. The molecule has 1 N–H and O–H groups in total. The molecule has 0 radical (unpaired) electrons. The van der Waals surface area contributed by atoms with Gasteiger partial charge in [0.25, 0.3) is 5.91 Å². The van der Waals surface area contributed by atoms with Crippen LogP contribution in [-0.2, 0) is 11.4 Å². The molecule has 0 saturated carbocycles. The molecule has 4 aromatic carbocycles. The van der Waals surface area contributed by atoms with E-state index in [0.29, 0.717) is 40.4 Å². The molecule has 4 aromatic rings. The Kier molecular flexibility index (Phi) is 8.22. The van der Waals surface area contributed by atoms with Gasteiger partial charge in [0.1, 0.15) is 24.1 Å². The van der Waals surface area contributed by atoms with Gasteiger partial charge in [-0.2, -0.15) is 5.26 Å². The number of nitrogens with one attached hydrogen (secondary N) is 1. The van der Waals surface area contributed by atoms with Crippen LogP contribution >= 0.6 is 15.9 Å². The number of aryl methyl sites for hydroxylation is 1. The predicted molar refractivity (Wildman–Crippen MR) is 147 cm³/mol. The summed E-state index contributed by atoms with van der Waals surface area (Å²) in [5, 5.41) is 14.5. The lowest BCUT2D eigenvalue weighted by molar-refractivity contribution is -0.112. The fraction of sp³-hybridized carbons (Fsp3) is 0.133. The third kappa shape index (κ3) is 6.16. The zero-order valence-electron chi connectivity index (χ0n) is 20.3. The van der Waals surface area contributed by atoms with Crippen molar-refractivity contribution in [3.63, 3.8) is 0 Å². The van der Waals surface area contributed by atoms with E-state index < -0.39 is 11.7 Å². The Morgan fingerprint density at radius 3 is 2.57 bits per heavy atom. The molecule has 37 heavy (non-hydrogen) atoms. The third-order valence-electron chi connectivity index (χ3n) is 5.75. The summed E-state index contributed by atoms with van der Waals surface area (Å²) >= 11 is 3.57. The monoisotopic (exact) mass is 558 g/mol. The first-order valence-corrected chi connectivity index (χ1v) is 12.4. The fourth-order valence-electron chi connectivity index (χ4n) is 3.90. The van der Waals surface area contributed by atoms with Crippen LogP contribution in [0.4, 0.5) is 10.1 Å². The molecule has 4 rings (SSSR count). The topological polar surface area (TPSA) is 71.3 Å². The highest BCUT2D eigenvalue weighted by atomic mass is 79.9. The number of halogens is 2. The van der Waals surface area contributed by atoms with Crippen molar-refractivity contribution in [3.05, 3.63) is 105 Å². The molecule has 0 spiro atoms. The average molecular weight is 559 g/mol. The maximum atomic E-state index is 13.1. The van der Waals surface area contributed by atoms with E-state index in [1.165, 1.54) is 30.3 Å². The summed E-state index contributed by atoms with van der Waals surface area (Å²) in [5.41, 5.74) is 3.06. The molecule has 0 aliphatic rings. The minimum Gasteiger partial charge on any atom is -0.490 e. The minimum atomic E-state index is -0.602. The molecule has 0 saturated heterocycles. The predicted octanol–water partition coefficient (Wildman–Crippen LogP) is 7.57. The van der Waals surface area contributed by atoms with Crippen molar-refractivity contribution in [1.29, 1.82) is 5.26 Å². The standard InChI is InChI=1S/C30H24BrFN2O3/c1-3-36-28-16-20(14-22(17-33)30(35)34-24-12-10-23(32)11-13-24)15-27(31)29(28)37-18-26-19(2)8-9-21-6-4-5-7-25(21)26/h4-16H,3,18H2,1-2H3,(H,34,35)/b22-14+. The van der Waals surface area contributed by atoms with Gasteiger partial charge < -0.3 is 14.8 Å². The van der Waals surface area contributed by atoms with Crippen molar-refractivity contribution in [3.8, 4) is 17.6 Å². The van der Waals surface area contributed by atoms with Gasteiger partial charge in [-0.1, -0.05) is 36.4 Å². The lowest BCUT2D eigenvalue weighted by Gasteiger charge is -2.17. The number of nitrogens with zero attached hydrogens (tertiary/aromatic N) is 1. The molecule has 186 valence electrons. The Hall–Kier alpha value is -4.15. The first-order valence-electron chi connectivity index (χ1n) is 11.6. The van der Waals surface area contributed by atoms with Crippen LogP contribution in [0.3, 0.4) is 0 Å². The Morgan fingerprint density at radius 1 is 1.08 bits per heavy atom. The third-order valence-corrected chi connectivity index (χ3v) is 6.33. The van der Waals surface area contributed by atoms with E-state index in [-0.39, 0.29) is 5.57 Å². The van der Waals surface area contributed by atoms with Crippen molar-refractivity contribution in [2.24, 2.45) is 0 Å². The van der Waals surface area contributed by atoms with Gasteiger partial charge in [0.05, 0.1) is 11.1 Å². The van der Waals surface area contributed by atoms with Gasteiger partial charge in [0.15, 0.2) is 11.5 Å². The Labute approximate surface area is 223 Å². The lowest BCUT2D eigenvalue weighted by Crippen LogP contribution is -2.13. The van der Waals surface area contributed by atoms with Gasteiger partial charge in [-0.3, -0.25) is 4.79 Å². The number of anilines is 1. The number of rotatable bonds is 8. The Balaban J connectivity index is 1.61. The smallest absolute Gasteiger partial charge is 0.266 e. The summed E-state index contributed by atoms with van der Waals surface area (Å²) in [7, 11) is 0. The van der Waals surface area contributed by atoms with Gasteiger partial charge in [-0.05, 0) is 94.2 Å². The summed E-state index contributed by atoms with van der Waals surface area (Å²) in [5.74, 6) is -0.00641. The maximum absolute atomic E-state index is 13.1. The van der Waals surface area contributed by atoms with Crippen LogP contribution in [-0.4, -0.2) is 12.5 Å². The van der Waals surface area contributed by atoms with Gasteiger partial charge in [0, 0.05) is 11.3 Å². The van der Waals surface area contributed by atoms with Gasteiger partial charge in [-0.15, -0.1) is 0 Å². The van der Waals surface area contributed by atoms with E-state index in [1.54, 1.807) is 12.1 Å². The summed E-state index contributed by atoms with van der Waals surface area (Å²) in [4.78, 5) is 12.6. The molecule has 5 nitrogen and oxygen atoms in total. The van der Waals surface area contributed by atoms with Crippen LogP contribution in [0.2, 0.25) is 0 Å². The van der Waals surface area contributed by atoms with E-state index in [9.17, 15) is 14.4 Å². The molecule has 0 aliphatic carbocycles. The quantitative estimate of drug-likeness (QED) is 0.179. The molecule has 0 aromatic heterocycles. The van der Waals surface area contributed by atoms with E-state index in [2.05, 4.69) is 52.4 Å². The van der Waals surface area contributed by atoms with Crippen LogP contribution in [0, 0.1) is 24.1 Å². The summed E-state index contributed by atoms with van der Waals surface area (Å²) in [6.07, 6.45) is 1.46. The van der Waals surface area contributed by atoms with Crippen molar-refractivity contribution in [1.82, 2.24) is 0 Å². The molecule has 7 heteroatoms. The first-order chi connectivity index (χ1) is 17.9. The number of hydrogen-bond donors (Lipinski definition) is 1. The SMILES string of the molecule is CCOc1cc(/C=C(\C#N)C(=O)Nc2ccc(F)cc2)cc(Br)c1OCc1c(C)ccc2ccccc12. The van der Waals surface area contributed by atoms with Crippen LogP contribution in [0.1, 0.15) is 23.6 Å². The molecular formula is C30H24BrFN2O3. The summed E-state index contributed by atoms with van der Waals surface area (Å²) < 4.78 is 25.9. The molecule has 0 fully saturated rings. The van der Waals surface area contributed by atoms with Crippen LogP contribution in [0.5, 0.6) is 11.5 Å². The van der Waals surface area contributed by atoms with Crippen molar-refractivity contribution >= 4 is 44.4 Å². The first kappa shape index (κ1) is 25.9. The fourth-order valence-corrected chi connectivity index (χ4v) is 4.48. The molecule has 0 bridgehead atoms. The minimum absolute atomic E-state index is 0.112. The van der Waals surface area contributed by atoms with Crippen LogP contribution in [0.25, 0.3) is 16.8 Å². The highest BCUT2D eigenvalue weighted by Gasteiger charge is 2.16. The number of nitriles is 1. The van der Waals surface area contributed by atoms with E-state index in [0.717, 1.165) is 21.9 Å². The Morgan fingerprint density at radius 2 is 1.84 bits per heavy atom. The number of carbonyl (C=O) groups is 1. The zero-order chi connectivity index (χ0) is 26.4. The number of carbonyl (C=O) groups excluding carboxylic acids is 1. The second-order valence-corrected chi connectivity index (χ2v) is 9.12. The highest BCUT2D eigenvalue weighted by Crippen LogP contribution is 2.38. The van der Waals surface area contributed by atoms with Gasteiger partial charge >= 0.3 is 0 Å². The molecule has 0 heterocycles. The summed E-state index contributed by atoms with van der Waals surface area (Å²) in [6, 6.07) is 23.1. The Bertz CT molecular complexity index is 1520. The molecule has 0 atom stereocenters. The van der Waals surface area contributed by atoms with E-state index in [4.69, 9.17) is 9.47 Å². The number of ether oxygens (including phenoxy) is 2. The van der Waals surface area contributed by atoms with E-state index in [1.807, 2.05) is 25.1 Å². The van der Waals surface area contributed by atoms with Crippen molar-refractivity contribution in [2.75, 3.05) is 11.9 Å². The van der Waals surface area contributed by atoms with Gasteiger partial charge in [-0.25, -0.2) is 4.39 Å². The molecule has 0 aliphatic heterocycles. The normalized spacial score (nSPS) is 11.2. The van der Waals surface area contributed by atoms with Crippen LogP contribution in [0.15, 0.2) is 82.8 Å². The average Bonchev–Trinajstić information content (AvgIpc) is 2.89. The highest BCUT2D eigenvalue weighted by molar-refractivity contribution is 9.10. The number of benzene rings is 4. The number of fused-ring (bicyclic) bond motifs is 1. The maximum Gasteiger partial charge on any atom is 0.266 e. The zero-order valence-corrected chi connectivity index (χ0v) is 21.9. The largest absolute Gasteiger partial charge is 0.490 e. The van der Waals surface area contributed by atoms with E-state index >= 15 is 0 Å². The van der Waals surface area contributed by atoms with Crippen molar-refractivity contribution in [2.45, 2.75) is 20.5 Å². The second kappa shape index (κ2) is 11.7. The molecule has 1 amide bonds. The van der Waals surface area contributed by atoms with Gasteiger partial charge in [0.2, 0.25) is 0 Å².